The molecule has 0 bridgehead atoms. The molecule has 0 fully saturated rings. The summed E-state index contributed by atoms with van der Waals surface area (Å²) < 4.78 is 0. The summed E-state index contributed by atoms with van der Waals surface area (Å²) in [4.78, 5) is 23.2. The summed E-state index contributed by atoms with van der Waals surface area (Å²) in [7, 11) is 0. The van der Waals surface area contributed by atoms with Gasteiger partial charge >= 0.3 is 0 Å². The van der Waals surface area contributed by atoms with Gasteiger partial charge in [-0.2, -0.15) is 5.26 Å². The SMILES string of the molecule is CCN(CC)CCN=C(N)C(C#N)CC1=Nc2ccccc2C1=O. The topological polar surface area (TPSA) is 94.8 Å². The standard InChI is InChI=1S/C18H23N5O/c1-3-23(4-2)10-9-21-18(20)13(12-19)11-16-17(24)14-7-5-6-8-15(14)22-16/h5-8,13H,3-4,9-11H2,1-2H3,(H2,20,21). The van der Waals surface area contributed by atoms with E-state index < -0.39 is 5.92 Å². The van der Waals surface area contributed by atoms with Gasteiger partial charge in [-0.15, -0.1) is 0 Å². The van der Waals surface area contributed by atoms with Gasteiger partial charge in [0.2, 0.25) is 5.78 Å². The molecule has 0 saturated heterocycles. The molecule has 1 atom stereocenters. The van der Waals surface area contributed by atoms with Crippen LogP contribution in [-0.2, 0) is 0 Å². The minimum absolute atomic E-state index is 0.123. The van der Waals surface area contributed by atoms with Crippen molar-refractivity contribution in [3.8, 4) is 6.07 Å². The highest BCUT2D eigenvalue weighted by molar-refractivity contribution is 6.50. The molecule has 1 heterocycles. The Kier molecular flexibility index (Phi) is 6.21. The summed E-state index contributed by atoms with van der Waals surface area (Å²) in [5.41, 5.74) is 7.59. The van der Waals surface area contributed by atoms with Gasteiger partial charge in [-0.3, -0.25) is 9.79 Å². The molecule has 2 N–H and O–H groups in total. The van der Waals surface area contributed by atoms with Crippen LogP contribution in [0.25, 0.3) is 0 Å². The number of amidine groups is 1. The van der Waals surface area contributed by atoms with Crippen LogP contribution in [0.3, 0.4) is 0 Å². The van der Waals surface area contributed by atoms with Gasteiger partial charge in [0.05, 0.1) is 24.0 Å². The molecule has 0 aliphatic carbocycles. The molecule has 6 nitrogen and oxygen atoms in total. The first-order valence-electron chi connectivity index (χ1n) is 8.23. The molecule has 1 aliphatic heterocycles. The van der Waals surface area contributed by atoms with Crippen molar-refractivity contribution in [2.45, 2.75) is 20.3 Å². The van der Waals surface area contributed by atoms with Gasteiger partial charge in [0, 0.05) is 18.5 Å². The molecular formula is C18H23N5O. The van der Waals surface area contributed by atoms with Crippen molar-refractivity contribution < 1.29 is 4.79 Å². The zero-order valence-corrected chi connectivity index (χ0v) is 14.2. The molecule has 126 valence electrons. The minimum atomic E-state index is -0.626. The Hall–Kier alpha value is -2.52. The predicted molar refractivity (Wildman–Crippen MR) is 95.9 cm³/mol. The van der Waals surface area contributed by atoms with Crippen molar-refractivity contribution in [2.75, 3.05) is 26.2 Å². The van der Waals surface area contributed by atoms with Crippen molar-refractivity contribution in [1.29, 1.82) is 5.26 Å². The second-order valence-corrected chi connectivity index (χ2v) is 5.62. The number of likely N-dealkylation sites (N-methyl/N-ethyl adjacent to an activating group) is 1. The third kappa shape index (κ3) is 4.06. The van der Waals surface area contributed by atoms with Gasteiger partial charge in [-0.25, -0.2) is 4.99 Å². The van der Waals surface area contributed by atoms with E-state index in [-0.39, 0.29) is 18.0 Å². The number of para-hydroxylation sites is 1. The molecule has 1 unspecified atom stereocenters. The number of carbonyl (C=O) groups is 1. The quantitative estimate of drug-likeness (QED) is 0.585. The van der Waals surface area contributed by atoms with E-state index in [0.29, 0.717) is 23.5 Å². The van der Waals surface area contributed by atoms with Crippen molar-refractivity contribution in [3.63, 3.8) is 0 Å². The fourth-order valence-electron chi connectivity index (χ4n) is 2.63. The molecule has 1 aromatic carbocycles. The second-order valence-electron chi connectivity index (χ2n) is 5.62. The van der Waals surface area contributed by atoms with Crippen LogP contribution in [0.5, 0.6) is 0 Å². The van der Waals surface area contributed by atoms with E-state index in [4.69, 9.17) is 5.73 Å². The summed E-state index contributed by atoms with van der Waals surface area (Å²) in [6.07, 6.45) is 0.199. The van der Waals surface area contributed by atoms with Gasteiger partial charge < -0.3 is 10.6 Å². The largest absolute Gasteiger partial charge is 0.386 e. The van der Waals surface area contributed by atoms with Gasteiger partial charge in [-0.05, 0) is 25.2 Å². The van der Waals surface area contributed by atoms with Crippen molar-refractivity contribution in [2.24, 2.45) is 21.6 Å². The Balaban J connectivity index is 2.00. The maximum absolute atomic E-state index is 12.3. The first-order valence-corrected chi connectivity index (χ1v) is 8.23. The number of nitriles is 1. The zero-order valence-electron chi connectivity index (χ0n) is 14.2. The van der Waals surface area contributed by atoms with Gasteiger partial charge in [0.25, 0.3) is 0 Å². The minimum Gasteiger partial charge on any atom is -0.386 e. The van der Waals surface area contributed by atoms with Crippen LogP contribution < -0.4 is 5.73 Å². The Morgan fingerprint density at radius 3 is 2.71 bits per heavy atom. The Bertz CT molecular complexity index is 698. The van der Waals surface area contributed by atoms with E-state index in [1.165, 1.54) is 0 Å². The number of hydrogen-bond acceptors (Lipinski definition) is 5. The highest BCUT2D eigenvalue weighted by Gasteiger charge is 2.27. The summed E-state index contributed by atoms with van der Waals surface area (Å²) in [6.45, 7) is 7.45. The summed E-state index contributed by atoms with van der Waals surface area (Å²) in [5.74, 6) is -0.475. The number of carbonyl (C=O) groups excluding carboxylic acids is 1. The molecular weight excluding hydrogens is 302 g/mol. The normalized spacial score (nSPS) is 15.2. The van der Waals surface area contributed by atoms with Crippen LogP contribution in [0, 0.1) is 17.2 Å². The van der Waals surface area contributed by atoms with Crippen molar-refractivity contribution in [3.05, 3.63) is 29.8 Å². The lowest BCUT2D eigenvalue weighted by Gasteiger charge is -2.16. The van der Waals surface area contributed by atoms with Gasteiger partial charge in [0.15, 0.2) is 0 Å². The van der Waals surface area contributed by atoms with Gasteiger partial charge in [0.1, 0.15) is 11.8 Å². The van der Waals surface area contributed by atoms with Crippen LogP contribution in [0.2, 0.25) is 0 Å². The number of aliphatic imine (C=N–C) groups is 2. The average Bonchev–Trinajstić information content (AvgIpc) is 2.92. The predicted octanol–water partition coefficient (Wildman–Crippen LogP) is 2.18. The van der Waals surface area contributed by atoms with E-state index in [1.54, 1.807) is 18.2 Å². The second kappa shape index (κ2) is 8.37. The number of rotatable bonds is 8. The molecule has 0 amide bonds. The Morgan fingerprint density at radius 1 is 1.38 bits per heavy atom. The van der Waals surface area contributed by atoms with Crippen LogP contribution in [-0.4, -0.2) is 48.4 Å². The molecule has 0 radical (unpaired) electrons. The van der Waals surface area contributed by atoms with Crippen LogP contribution >= 0.6 is 0 Å². The number of ketones is 1. The van der Waals surface area contributed by atoms with Crippen LogP contribution in [0.15, 0.2) is 34.3 Å². The van der Waals surface area contributed by atoms with E-state index in [0.717, 1.165) is 19.6 Å². The first kappa shape index (κ1) is 17.8. The number of nitrogens with zero attached hydrogens (tertiary/aromatic N) is 4. The van der Waals surface area contributed by atoms with E-state index >= 15 is 0 Å². The van der Waals surface area contributed by atoms with E-state index in [9.17, 15) is 10.1 Å². The molecule has 0 aromatic heterocycles. The molecule has 24 heavy (non-hydrogen) atoms. The fourth-order valence-corrected chi connectivity index (χ4v) is 2.63. The van der Waals surface area contributed by atoms with E-state index in [1.807, 2.05) is 6.07 Å². The maximum Gasteiger partial charge on any atom is 0.209 e. The van der Waals surface area contributed by atoms with Crippen LogP contribution in [0.1, 0.15) is 30.6 Å². The first-order chi connectivity index (χ1) is 11.6. The number of fused-ring (bicyclic) bond motifs is 1. The number of nitrogens with two attached hydrogens (primary N) is 1. The molecule has 2 rings (SSSR count). The Labute approximate surface area is 142 Å². The third-order valence-corrected chi connectivity index (χ3v) is 4.18. The molecule has 0 spiro atoms. The third-order valence-electron chi connectivity index (χ3n) is 4.18. The van der Waals surface area contributed by atoms with Crippen molar-refractivity contribution >= 4 is 23.0 Å². The monoisotopic (exact) mass is 325 g/mol. The maximum atomic E-state index is 12.3. The lowest BCUT2D eigenvalue weighted by atomic mass is 9.98. The summed E-state index contributed by atoms with van der Waals surface area (Å²) in [6, 6.07) is 9.32. The lowest BCUT2D eigenvalue weighted by Crippen LogP contribution is -2.29. The average molecular weight is 325 g/mol. The molecule has 1 aliphatic rings. The number of benzene rings is 1. The Morgan fingerprint density at radius 2 is 2.08 bits per heavy atom. The lowest BCUT2D eigenvalue weighted by molar-refractivity contribution is 0.106. The van der Waals surface area contributed by atoms with E-state index in [2.05, 4.69) is 34.8 Å². The number of Topliss-reactive ketones (excluding diaryl/α,β-unsaturated/α-hetero) is 1. The fraction of sp³-hybridized carbons (Fsp3) is 0.444. The van der Waals surface area contributed by atoms with Crippen molar-refractivity contribution in [1.82, 2.24) is 4.90 Å². The number of hydrogen-bond donors (Lipinski definition) is 1. The molecule has 0 saturated carbocycles. The molecule has 1 aromatic rings. The van der Waals surface area contributed by atoms with Gasteiger partial charge in [-0.1, -0.05) is 26.0 Å². The highest BCUT2D eigenvalue weighted by Crippen LogP contribution is 2.28. The molecule has 6 heteroatoms. The zero-order chi connectivity index (χ0) is 17.5. The summed E-state index contributed by atoms with van der Waals surface area (Å²) in [5, 5.41) is 9.37. The summed E-state index contributed by atoms with van der Waals surface area (Å²) >= 11 is 0. The smallest absolute Gasteiger partial charge is 0.209 e. The van der Waals surface area contributed by atoms with Crippen LogP contribution in [0.4, 0.5) is 5.69 Å². The highest BCUT2D eigenvalue weighted by atomic mass is 16.1.